The molecule has 1 atom stereocenters. The first-order valence-corrected chi connectivity index (χ1v) is 4.65. The van der Waals surface area contributed by atoms with Crippen LogP contribution in [0.15, 0.2) is 29.3 Å². The topological polar surface area (TPSA) is 30.8 Å². The van der Waals surface area contributed by atoms with Gasteiger partial charge in [-0.2, -0.15) is 0 Å². The van der Waals surface area contributed by atoms with E-state index in [1.807, 2.05) is 31.2 Å². The highest BCUT2D eigenvalue weighted by Crippen LogP contribution is 2.15. The van der Waals surface area contributed by atoms with Crippen molar-refractivity contribution in [1.82, 2.24) is 0 Å². The molecule has 0 aromatic heterocycles. The molecule has 1 aromatic carbocycles. The van der Waals surface area contributed by atoms with Crippen LogP contribution in [0.5, 0.6) is 5.75 Å². The Morgan fingerprint density at radius 2 is 2.07 bits per heavy atom. The fourth-order valence-corrected chi connectivity index (χ4v) is 1.37. The average Bonchev–Trinajstić information content (AvgIpc) is 2.65. The highest BCUT2D eigenvalue weighted by atomic mass is 16.5. The lowest BCUT2D eigenvalue weighted by molar-refractivity contribution is 0.246. The van der Waals surface area contributed by atoms with E-state index in [9.17, 15) is 0 Å². The van der Waals surface area contributed by atoms with Gasteiger partial charge in [0.15, 0.2) is 0 Å². The molecule has 0 bridgehead atoms. The van der Waals surface area contributed by atoms with Crippen molar-refractivity contribution in [3.63, 3.8) is 0 Å². The van der Waals surface area contributed by atoms with E-state index < -0.39 is 0 Å². The summed E-state index contributed by atoms with van der Waals surface area (Å²) in [5.74, 6) is 1.58. The summed E-state index contributed by atoms with van der Waals surface area (Å²) in [7, 11) is 1.65. The lowest BCUT2D eigenvalue weighted by Gasteiger charge is -2.06. The minimum Gasteiger partial charge on any atom is -0.497 e. The zero-order valence-electron chi connectivity index (χ0n) is 8.36. The molecule has 3 heteroatoms. The van der Waals surface area contributed by atoms with E-state index in [0.717, 1.165) is 23.8 Å². The molecule has 0 saturated carbocycles. The summed E-state index contributed by atoms with van der Waals surface area (Å²) in [5.41, 5.74) is 1.01. The number of rotatable bonds is 2. The van der Waals surface area contributed by atoms with Gasteiger partial charge in [-0.15, -0.1) is 0 Å². The minimum absolute atomic E-state index is 0.201. The van der Waals surface area contributed by atoms with Crippen LogP contribution < -0.4 is 4.74 Å². The van der Waals surface area contributed by atoms with Gasteiger partial charge in [-0.25, -0.2) is 4.99 Å². The molecule has 0 aliphatic carbocycles. The van der Waals surface area contributed by atoms with Crippen molar-refractivity contribution in [2.75, 3.05) is 13.7 Å². The molecule has 2 rings (SSSR count). The van der Waals surface area contributed by atoms with Crippen molar-refractivity contribution in [1.29, 1.82) is 0 Å². The van der Waals surface area contributed by atoms with Crippen molar-refractivity contribution < 1.29 is 9.47 Å². The normalized spacial score (nSPS) is 20.1. The Balaban J connectivity index is 2.17. The number of hydrogen-bond donors (Lipinski definition) is 0. The summed E-state index contributed by atoms with van der Waals surface area (Å²) in [6, 6.07) is 7.72. The lowest BCUT2D eigenvalue weighted by atomic mass is 10.2. The number of aliphatic imine (C=N–C) groups is 1. The standard InChI is InChI=1S/C11H13NO2/c1-8-7-12-11(14-8)9-3-5-10(13-2)6-4-9/h3-6,8H,7H2,1-2H3/t8-/m1/s1. The summed E-state index contributed by atoms with van der Waals surface area (Å²) in [6.45, 7) is 2.77. The van der Waals surface area contributed by atoms with E-state index >= 15 is 0 Å². The van der Waals surface area contributed by atoms with Crippen molar-refractivity contribution in [2.24, 2.45) is 4.99 Å². The zero-order chi connectivity index (χ0) is 9.97. The predicted molar refractivity (Wildman–Crippen MR) is 54.9 cm³/mol. The molecule has 0 amide bonds. The molecule has 0 saturated heterocycles. The Morgan fingerprint density at radius 3 is 2.57 bits per heavy atom. The molecule has 1 heterocycles. The molecule has 1 aliphatic heterocycles. The van der Waals surface area contributed by atoms with Crippen LogP contribution in [-0.4, -0.2) is 25.7 Å². The summed E-state index contributed by atoms with van der Waals surface area (Å²) in [5, 5.41) is 0. The van der Waals surface area contributed by atoms with Crippen LogP contribution in [-0.2, 0) is 4.74 Å². The number of hydrogen-bond acceptors (Lipinski definition) is 3. The van der Waals surface area contributed by atoms with Crippen LogP contribution in [0.25, 0.3) is 0 Å². The molecular weight excluding hydrogens is 178 g/mol. The van der Waals surface area contributed by atoms with Gasteiger partial charge in [0.25, 0.3) is 0 Å². The van der Waals surface area contributed by atoms with Gasteiger partial charge >= 0.3 is 0 Å². The largest absolute Gasteiger partial charge is 0.497 e. The third-order valence-electron chi connectivity index (χ3n) is 2.14. The van der Waals surface area contributed by atoms with Gasteiger partial charge in [0, 0.05) is 5.56 Å². The zero-order valence-corrected chi connectivity index (χ0v) is 8.36. The molecule has 0 fully saturated rings. The summed E-state index contributed by atoms with van der Waals surface area (Å²) in [6.07, 6.45) is 0.201. The summed E-state index contributed by atoms with van der Waals surface area (Å²) in [4.78, 5) is 4.30. The van der Waals surface area contributed by atoms with Gasteiger partial charge < -0.3 is 9.47 Å². The van der Waals surface area contributed by atoms with Crippen molar-refractivity contribution in [3.05, 3.63) is 29.8 Å². The van der Waals surface area contributed by atoms with Crippen LogP contribution in [0.1, 0.15) is 12.5 Å². The molecule has 0 N–H and O–H groups in total. The first kappa shape index (κ1) is 9.06. The van der Waals surface area contributed by atoms with Gasteiger partial charge in [0.2, 0.25) is 5.90 Å². The maximum absolute atomic E-state index is 5.53. The number of benzene rings is 1. The maximum Gasteiger partial charge on any atom is 0.216 e. The molecule has 1 aromatic rings. The summed E-state index contributed by atoms with van der Waals surface area (Å²) < 4.78 is 10.6. The molecule has 0 radical (unpaired) electrons. The Bertz CT molecular complexity index is 343. The van der Waals surface area contributed by atoms with Crippen LogP contribution in [0, 0.1) is 0 Å². The van der Waals surface area contributed by atoms with E-state index in [0.29, 0.717) is 0 Å². The van der Waals surface area contributed by atoms with Gasteiger partial charge in [0.1, 0.15) is 11.9 Å². The molecule has 0 unspecified atom stereocenters. The lowest BCUT2D eigenvalue weighted by Crippen LogP contribution is -2.08. The maximum atomic E-state index is 5.53. The Labute approximate surface area is 83.4 Å². The first-order valence-electron chi connectivity index (χ1n) is 4.65. The first-order chi connectivity index (χ1) is 6.79. The van der Waals surface area contributed by atoms with E-state index in [4.69, 9.17) is 9.47 Å². The second-order valence-corrected chi connectivity index (χ2v) is 3.30. The molecule has 74 valence electrons. The van der Waals surface area contributed by atoms with Crippen LogP contribution >= 0.6 is 0 Å². The highest BCUT2D eigenvalue weighted by molar-refractivity contribution is 5.95. The number of nitrogens with zero attached hydrogens (tertiary/aromatic N) is 1. The third kappa shape index (κ3) is 1.71. The molecule has 14 heavy (non-hydrogen) atoms. The third-order valence-corrected chi connectivity index (χ3v) is 2.14. The second kappa shape index (κ2) is 3.70. The van der Waals surface area contributed by atoms with Crippen LogP contribution in [0.2, 0.25) is 0 Å². The van der Waals surface area contributed by atoms with Crippen molar-refractivity contribution >= 4 is 5.90 Å². The average molecular weight is 191 g/mol. The predicted octanol–water partition coefficient (Wildman–Crippen LogP) is 1.86. The van der Waals surface area contributed by atoms with E-state index in [2.05, 4.69) is 4.99 Å². The molecule has 0 spiro atoms. The highest BCUT2D eigenvalue weighted by Gasteiger charge is 2.16. The number of methoxy groups -OCH3 is 1. The van der Waals surface area contributed by atoms with Crippen LogP contribution in [0.4, 0.5) is 0 Å². The number of ether oxygens (including phenoxy) is 2. The van der Waals surface area contributed by atoms with Gasteiger partial charge in [-0.05, 0) is 31.2 Å². The van der Waals surface area contributed by atoms with Gasteiger partial charge in [-0.1, -0.05) is 0 Å². The van der Waals surface area contributed by atoms with Crippen LogP contribution in [0.3, 0.4) is 0 Å². The fourth-order valence-electron chi connectivity index (χ4n) is 1.37. The van der Waals surface area contributed by atoms with E-state index in [-0.39, 0.29) is 6.10 Å². The Morgan fingerprint density at radius 1 is 1.36 bits per heavy atom. The minimum atomic E-state index is 0.201. The van der Waals surface area contributed by atoms with Gasteiger partial charge in [0.05, 0.1) is 13.7 Å². The Hall–Kier alpha value is -1.51. The van der Waals surface area contributed by atoms with Gasteiger partial charge in [-0.3, -0.25) is 0 Å². The van der Waals surface area contributed by atoms with E-state index in [1.54, 1.807) is 7.11 Å². The molecule has 3 nitrogen and oxygen atoms in total. The molecule has 1 aliphatic rings. The second-order valence-electron chi connectivity index (χ2n) is 3.30. The SMILES string of the molecule is COc1ccc(C2=NC[C@@H](C)O2)cc1. The smallest absolute Gasteiger partial charge is 0.216 e. The fraction of sp³-hybridized carbons (Fsp3) is 0.364. The summed E-state index contributed by atoms with van der Waals surface area (Å²) >= 11 is 0. The quantitative estimate of drug-likeness (QED) is 0.714. The molecular formula is C11H13NO2. The van der Waals surface area contributed by atoms with E-state index in [1.165, 1.54) is 0 Å². The Kier molecular flexibility index (Phi) is 2.39. The monoisotopic (exact) mass is 191 g/mol. The van der Waals surface area contributed by atoms with Crippen molar-refractivity contribution in [2.45, 2.75) is 13.0 Å². The van der Waals surface area contributed by atoms with Crippen molar-refractivity contribution in [3.8, 4) is 5.75 Å².